The Labute approximate surface area is 170 Å². The second kappa shape index (κ2) is 8.79. The maximum Gasteiger partial charge on any atom is 0.233 e. The van der Waals surface area contributed by atoms with Gasteiger partial charge >= 0.3 is 0 Å². The van der Waals surface area contributed by atoms with E-state index in [9.17, 15) is 4.79 Å². The third-order valence-electron chi connectivity index (χ3n) is 5.26. The second-order valence-corrected chi connectivity index (χ2v) is 7.12. The molecule has 4 rings (SSSR count). The molecule has 8 nitrogen and oxygen atoms in total. The lowest BCUT2D eigenvalue weighted by Crippen LogP contribution is -2.33. The average Bonchev–Trinajstić information content (AvgIpc) is 3.08. The number of fused-ring (bicyclic) bond motifs is 1. The van der Waals surface area contributed by atoms with Crippen molar-refractivity contribution in [2.75, 3.05) is 32.1 Å². The molecule has 0 aliphatic carbocycles. The lowest BCUT2D eigenvalue weighted by molar-refractivity contribution is -0.121. The van der Waals surface area contributed by atoms with Crippen molar-refractivity contribution in [3.63, 3.8) is 0 Å². The quantitative estimate of drug-likeness (QED) is 0.804. The summed E-state index contributed by atoms with van der Waals surface area (Å²) in [5, 5.41) is 10.8. The summed E-state index contributed by atoms with van der Waals surface area (Å²) < 4.78 is 12.7. The van der Waals surface area contributed by atoms with Crippen LogP contribution in [-0.4, -0.2) is 47.5 Å². The van der Waals surface area contributed by atoms with Gasteiger partial charge in [0.05, 0.1) is 13.0 Å². The predicted molar refractivity (Wildman–Crippen MR) is 107 cm³/mol. The van der Waals surface area contributed by atoms with Gasteiger partial charge in [-0.2, -0.15) is 10.1 Å². The van der Waals surface area contributed by atoms with Crippen LogP contribution in [0.5, 0.6) is 11.5 Å². The molecule has 152 valence electrons. The molecule has 1 amide bonds. The van der Waals surface area contributed by atoms with Gasteiger partial charge in [0, 0.05) is 13.0 Å². The second-order valence-electron chi connectivity index (χ2n) is 7.12. The topological polar surface area (TPSA) is 90.3 Å². The number of hydrogen-bond acceptors (Lipinski definition) is 6. The highest BCUT2D eigenvalue weighted by atomic mass is 35.5. The standard InChI is InChI=1S/C19H25N5O3.ClH/c1-24-19(21-17(23-24)12-5-7-20-8-6-12)22-18(25)14-9-13-10-15(26-2)3-4-16(13)27-11-14;/h3-4,10,12,14,20H,5-9,11H2,1-2H3,(H,21,22,23,25);1H. The van der Waals surface area contributed by atoms with Gasteiger partial charge in [-0.15, -0.1) is 12.4 Å². The molecule has 2 N–H and O–H groups in total. The summed E-state index contributed by atoms with van der Waals surface area (Å²) in [6.07, 6.45) is 2.65. The highest BCUT2D eigenvalue weighted by Gasteiger charge is 2.28. The minimum atomic E-state index is -0.274. The lowest BCUT2D eigenvalue weighted by Gasteiger charge is -2.24. The van der Waals surface area contributed by atoms with Gasteiger partial charge in [-0.25, -0.2) is 4.68 Å². The number of amides is 1. The number of carbonyl (C=O) groups is 1. The number of piperidine rings is 1. The van der Waals surface area contributed by atoms with Crippen LogP contribution in [-0.2, 0) is 18.3 Å². The summed E-state index contributed by atoms with van der Waals surface area (Å²) in [6.45, 7) is 2.31. The Morgan fingerprint density at radius 1 is 1.36 bits per heavy atom. The molecule has 0 bridgehead atoms. The Morgan fingerprint density at radius 3 is 2.89 bits per heavy atom. The Bertz CT molecular complexity index is 835. The summed E-state index contributed by atoms with van der Waals surface area (Å²) in [5.41, 5.74) is 0.981. The number of anilines is 1. The van der Waals surface area contributed by atoms with Crippen LogP contribution >= 0.6 is 12.4 Å². The van der Waals surface area contributed by atoms with Crippen LogP contribution < -0.4 is 20.1 Å². The van der Waals surface area contributed by atoms with Gasteiger partial charge in [0.15, 0.2) is 5.82 Å². The zero-order valence-corrected chi connectivity index (χ0v) is 16.9. The van der Waals surface area contributed by atoms with E-state index < -0.39 is 0 Å². The SMILES string of the molecule is COc1ccc2c(c1)CC(C(=O)Nc1nc(C3CCNCC3)nn1C)CO2.Cl. The van der Waals surface area contributed by atoms with Crippen molar-refractivity contribution in [3.05, 3.63) is 29.6 Å². The molecule has 1 aromatic carbocycles. The lowest BCUT2D eigenvalue weighted by atomic mass is 9.96. The average molecular weight is 408 g/mol. The molecule has 2 aromatic rings. The molecular weight excluding hydrogens is 382 g/mol. The zero-order valence-electron chi connectivity index (χ0n) is 16.1. The van der Waals surface area contributed by atoms with Crippen molar-refractivity contribution in [1.29, 1.82) is 0 Å². The minimum Gasteiger partial charge on any atom is -0.497 e. The Morgan fingerprint density at radius 2 is 2.14 bits per heavy atom. The van der Waals surface area contributed by atoms with E-state index in [0.717, 1.165) is 48.8 Å². The number of aromatic nitrogens is 3. The van der Waals surface area contributed by atoms with Crippen molar-refractivity contribution in [2.24, 2.45) is 13.0 Å². The first-order valence-corrected chi connectivity index (χ1v) is 9.36. The van der Waals surface area contributed by atoms with E-state index in [-0.39, 0.29) is 24.2 Å². The summed E-state index contributed by atoms with van der Waals surface area (Å²) in [5.74, 6) is 2.85. The number of nitrogens with one attached hydrogen (secondary N) is 2. The number of carbonyl (C=O) groups excluding carboxylic acids is 1. The number of benzene rings is 1. The molecule has 1 atom stereocenters. The van der Waals surface area contributed by atoms with Crippen LogP contribution in [0.25, 0.3) is 0 Å². The van der Waals surface area contributed by atoms with Crippen LogP contribution in [0.15, 0.2) is 18.2 Å². The molecule has 0 spiro atoms. The van der Waals surface area contributed by atoms with E-state index in [1.807, 2.05) is 25.2 Å². The maximum atomic E-state index is 12.8. The van der Waals surface area contributed by atoms with Gasteiger partial charge in [-0.1, -0.05) is 0 Å². The number of rotatable bonds is 4. The van der Waals surface area contributed by atoms with E-state index in [1.165, 1.54) is 0 Å². The third-order valence-corrected chi connectivity index (χ3v) is 5.26. The summed E-state index contributed by atoms with van der Waals surface area (Å²) in [4.78, 5) is 17.3. The van der Waals surface area contributed by atoms with Crippen molar-refractivity contribution < 1.29 is 14.3 Å². The van der Waals surface area contributed by atoms with Crippen LogP contribution in [0.1, 0.15) is 30.1 Å². The van der Waals surface area contributed by atoms with Gasteiger partial charge < -0.3 is 14.8 Å². The van der Waals surface area contributed by atoms with Gasteiger partial charge in [0.2, 0.25) is 11.9 Å². The highest BCUT2D eigenvalue weighted by molar-refractivity contribution is 5.91. The number of aryl methyl sites for hydroxylation is 1. The van der Waals surface area contributed by atoms with Crippen LogP contribution in [0.4, 0.5) is 5.95 Å². The molecule has 0 radical (unpaired) electrons. The maximum absolute atomic E-state index is 12.8. The molecule has 3 heterocycles. The fourth-order valence-electron chi connectivity index (χ4n) is 3.64. The molecule has 2 aliphatic heterocycles. The van der Waals surface area contributed by atoms with Gasteiger partial charge in [0.1, 0.15) is 18.1 Å². The monoisotopic (exact) mass is 407 g/mol. The first-order valence-electron chi connectivity index (χ1n) is 9.36. The van der Waals surface area contributed by atoms with Gasteiger partial charge in [-0.05, 0) is 56.1 Å². The fraction of sp³-hybridized carbons (Fsp3) is 0.526. The van der Waals surface area contributed by atoms with Crippen LogP contribution in [0.2, 0.25) is 0 Å². The van der Waals surface area contributed by atoms with Crippen molar-refractivity contribution in [1.82, 2.24) is 20.1 Å². The zero-order chi connectivity index (χ0) is 18.8. The number of nitrogens with zero attached hydrogens (tertiary/aromatic N) is 3. The van der Waals surface area contributed by atoms with Crippen molar-refractivity contribution in [3.8, 4) is 11.5 Å². The molecule has 1 unspecified atom stereocenters. The van der Waals surface area contributed by atoms with E-state index in [2.05, 4.69) is 20.7 Å². The van der Waals surface area contributed by atoms with E-state index >= 15 is 0 Å². The molecule has 1 saturated heterocycles. The number of ether oxygens (including phenoxy) is 2. The highest BCUT2D eigenvalue weighted by Crippen LogP contribution is 2.31. The smallest absolute Gasteiger partial charge is 0.233 e. The van der Waals surface area contributed by atoms with E-state index in [4.69, 9.17) is 9.47 Å². The summed E-state index contributed by atoms with van der Waals surface area (Å²) >= 11 is 0. The Kier molecular flexibility index (Phi) is 6.41. The molecule has 1 fully saturated rings. The van der Waals surface area contributed by atoms with Gasteiger partial charge in [-0.3, -0.25) is 10.1 Å². The molecular formula is C19H26ClN5O3. The number of halogens is 1. The van der Waals surface area contributed by atoms with Gasteiger partial charge in [0.25, 0.3) is 0 Å². The normalized spacial score (nSPS) is 19.1. The van der Waals surface area contributed by atoms with Crippen LogP contribution in [0.3, 0.4) is 0 Å². The number of hydrogen-bond donors (Lipinski definition) is 2. The van der Waals surface area contributed by atoms with Crippen LogP contribution in [0, 0.1) is 5.92 Å². The third kappa shape index (κ3) is 4.23. The Hall–Kier alpha value is -2.32. The first-order chi connectivity index (χ1) is 13.1. The number of methoxy groups -OCH3 is 1. The summed E-state index contributed by atoms with van der Waals surface area (Å²) in [7, 11) is 3.44. The van der Waals surface area contributed by atoms with Crippen molar-refractivity contribution in [2.45, 2.75) is 25.2 Å². The molecule has 0 saturated carbocycles. The van der Waals surface area contributed by atoms with E-state index in [1.54, 1.807) is 11.8 Å². The Balaban J connectivity index is 0.00000225. The summed E-state index contributed by atoms with van der Waals surface area (Å²) in [6, 6.07) is 5.67. The van der Waals surface area contributed by atoms with Crippen molar-refractivity contribution >= 4 is 24.3 Å². The first kappa shape index (κ1) is 20.4. The predicted octanol–water partition coefficient (Wildman–Crippen LogP) is 1.90. The fourth-order valence-corrected chi connectivity index (χ4v) is 3.64. The molecule has 9 heteroatoms. The minimum absolute atomic E-state index is 0. The largest absolute Gasteiger partial charge is 0.497 e. The molecule has 2 aliphatic rings. The molecule has 1 aromatic heterocycles. The van der Waals surface area contributed by atoms with E-state index in [0.29, 0.717) is 24.9 Å². The molecule has 28 heavy (non-hydrogen) atoms.